The van der Waals surface area contributed by atoms with Crippen LogP contribution >= 0.6 is 0 Å². The van der Waals surface area contributed by atoms with E-state index in [2.05, 4.69) is 0 Å². The molecule has 5 nitrogen and oxygen atoms in total. The number of esters is 1. The molecule has 0 radical (unpaired) electrons. The second-order valence-electron chi connectivity index (χ2n) is 7.87. The zero-order valence-corrected chi connectivity index (χ0v) is 18.4. The highest BCUT2D eigenvalue weighted by molar-refractivity contribution is 6.49. The van der Waals surface area contributed by atoms with E-state index in [1.54, 1.807) is 37.3 Å². The predicted octanol–water partition coefficient (Wildman–Crippen LogP) is 4.71. The number of amides is 1. The Morgan fingerprint density at radius 1 is 0.909 bits per heavy atom. The van der Waals surface area contributed by atoms with Crippen molar-refractivity contribution in [3.8, 4) is 0 Å². The van der Waals surface area contributed by atoms with Gasteiger partial charge in [-0.15, -0.1) is 0 Å². The van der Waals surface area contributed by atoms with Crippen LogP contribution in [0.5, 0.6) is 0 Å². The molecule has 0 aliphatic carbocycles. The van der Waals surface area contributed by atoms with Crippen molar-refractivity contribution in [2.45, 2.75) is 25.3 Å². The number of anilines is 1. The smallest absolute Gasteiger partial charge is 0.325 e. The summed E-state index contributed by atoms with van der Waals surface area (Å²) >= 11 is 0. The normalized spacial score (nSPS) is 17.8. The fraction of sp³-hybridized carbons (Fsp3) is 0.179. The van der Waals surface area contributed by atoms with Crippen LogP contribution in [0.25, 0.3) is 6.08 Å². The van der Waals surface area contributed by atoms with Gasteiger partial charge in [-0.2, -0.15) is 0 Å². The lowest BCUT2D eigenvalue weighted by atomic mass is 9.70. The molecule has 0 fully saturated rings. The highest BCUT2D eigenvalue weighted by Gasteiger charge is 2.56. The Bertz CT molecular complexity index is 1190. The van der Waals surface area contributed by atoms with E-state index in [4.69, 9.17) is 4.74 Å². The molecule has 0 bridgehead atoms. The van der Waals surface area contributed by atoms with Crippen LogP contribution < -0.4 is 4.90 Å². The summed E-state index contributed by atoms with van der Waals surface area (Å²) in [4.78, 5) is 41.8. The minimum Gasteiger partial charge on any atom is -0.465 e. The first-order valence-electron chi connectivity index (χ1n) is 11.0. The third-order valence-corrected chi connectivity index (χ3v) is 5.82. The molecule has 0 N–H and O–H groups in total. The summed E-state index contributed by atoms with van der Waals surface area (Å²) < 4.78 is 5.35. The SMILES string of the molecule is CCOC(=O)[C@]1(C/C=C/c2ccccc2)C(=O)C(=O)N(Cc2ccccc2)c2ccccc21. The fourth-order valence-corrected chi connectivity index (χ4v) is 4.21. The zero-order chi connectivity index (χ0) is 23.3. The van der Waals surface area contributed by atoms with E-state index in [0.29, 0.717) is 11.3 Å². The van der Waals surface area contributed by atoms with E-state index in [1.807, 2.05) is 66.7 Å². The van der Waals surface area contributed by atoms with Crippen LogP contribution in [-0.4, -0.2) is 24.3 Å². The quantitative estimate of drug-likeness (QED) is 0.304. The number of rotatable bonds is 7. The Kier molecular flexibility index (Phi) is 6.50. The lowest BCUT2D eigenvalue weighted by Crippen LogP contribution is -2.56. The minimum atomic E-state index is -1.72. The number of Topliss-reactive ketones (excluding diaryl/α,β-unsaturated/α-hetero) is 1. The first-order valence-corrected chi connectivity index (χ1v) is 11.0. The van der Waals surface area contributed by atoms with E-state index in [0.717, 1.165) is 11.1 Å². The number of carbonyl (C=O) groups is 3. The van der Waals surface area contributed by atoms with Crippen molar-refractivity contribution >= 4 is 29.4 Å². The fourth-order valence-electron chi connectivity index (χ4n) is 4.21. The number of carbonyl (C=O) groups excluding carboxylic acids is 3. The number of ether oxygens (including phenoxy) is 1. The first kappa shape index (κ1) is 22.2. The molecule has 0 saturated heterocycles. The molecule has 3 aromatic carbocycles. The number of hydrogen-bond acceptors (Lipinski definition) is 4. The third-order valence-electron chi connectivity index (χ3n) is 5.82. The van der Waals surface area contributed by atoms with Gasteiger partial charge in [0.2, 0.25) is 5.78 Å². The molecule has 0 unspecified atom stereocenters. The maximum Gasteiger partial charge on any atom is 0.325 e. The van der Waals surface area contributed by atoms with Gasteiger partial charge in [0.15, 0.2) is 5.41 Å². The standard InChI is InChI=1S/C28H25NO4/c1-2-33-27(32)28(19-11-16-21-12-5-3-6-13-21)23-17-9-10-18-24(23)29(26(31)25(28)30)20-22-14-7-4-8-15-22/h3-18H,2,19-20H2,1H3/b16-11+/t28-/m0/s1. The van der Waals surface area contributed by atoms with Gasteiger partial charge in [0, 0.05) is 11.3 Å². The summed E-state index contributed by atoms with van der Waals surface area (Å²) in [7, 11) is 0. The number of fused-ring (bicyclic) bond motifs is 1. The summed E-state index contributed by atoms with van der Waals surface area (Å²) in [5.74, 6) is -2.18. The highest BCUT2D eigenvalue weighted by atomic mass is 16.5. The van der Waals surface area contributed by atoms with Crippen LogP contribution in [0.1, 0.15) is 30.0 Å². The minimum absolute atomic E-state index is 0.0293. The number of para-hydroxylation sites is 1. The summed E-state index contributed by atoms with van der Waals surface area (Å²) in [5, 5.41) is 0. The van der Waals surface area contributed by atoms with Gasteiger partial charge >= 0.3 is 5.97 Å². The van der Waals surface area contributed by atoms with Gasteiger partial charge in [-0.3, -0.25) is 14.4 Å². The molecule has 33 heavy (non-hydrogen) atoms. The van der Waals surface area contributed by atoms with Crippen molar-refractivity contribution < 1.29 is 19.1 Å². The average Bonchev–Trinajstić information content (AvgIpc) is 2.85. The van der Waals surface area contributed by atoms with Gasteiger partial charge in [0.1, 0.15) is 0 Å². The summed E-state index contributed by atoms with van der Waals surface area (Å²) in [6.07, 6.45) is 3.64. The molecule has 166 valence electrons. The number of hydrogen-bond donors (Lipinski definition) is 0. The van der Waals surface area contributed by atoms with Crippen LogP contribution in [-0.2, 0) is 31.1 Å². The Labute approximate surface area is 193 Å². The lowest BCUT2D eigenvalue weighted by molar-refractivity contribution is -0.157. The van der Waals surface area contributed by atoms with Gasteiger partial charge in [-0.25, -0.2) is 0 Å². The summed E-state index contributed by atoms with van der Waals surface area (Å²) in [6, 6.07) is 26.1. The topological polar surface area (TPSA) is 63.7 Å². The maximum absolute atomic E-state index is 13.6. The molecule has 4 rings (SSSR count). The lowest BCUT2D eigenvalue weighted by Gasteiger charge is -2.39. The largest absolute Gasteiger partial charge is 0.465 e. The Morgan fingerprint density at radius 3 is 2.24 bits per heavy atom. The predicted molar refractivity (Wildman–Crippen MR) is 127 cm³/mol. The van der Waals surface area contributed by atoms with Crippen molar-refractivity contribution in [1.29, 1.82) is 0 Å². The van der Waals surface area contributed by atoms with Gasteiger partial charge in [-0.05, 0) is 30.5 Å². The van der Waals surface area contributed by atoms with E-state index in [1.165, 1.54) is 4.90 Å². The number of nitrogens with zero attached hydrogens (tertiary/aromatic N) is 1. The van der Waals surface area contributed by atoms with Crippen molar-refractivity contribution in [1.82, 2.24) is 0 Å². The van der Waals surface area contributed by atoms with Crippen LogP contribution in [0.3, 0.4) is 0 Å². The number of ketones is 1. The first-order chi connectivity index (χ1) is 16.1. The van der Waals surface area contributed by atoms with E-state index in [9.17, 15) is 14.4 Å². The monoisotopic (exact) mass is 439 g/mol. The van der Waals surface area contributed by atoms with Gasteiger partial charge in [0.05, 0.1) is 13.2 Å². The van der Waals surface area contributed by atoms with Gasteiger partial charge in [-0.1, -0.05) is 91.0 Å². The second-order valence-corrected chi connectivity index (χ2v) is 7.87. The molecule has 1 heterocycles. The Morgan fingerprint density at radius 2 is 1.55 bits per heavy atom. The van der Waals surface area contributed by atoms with E-state index in [-0.39, 0.29) is 19.6 Å². The summed E-state index contributed by atoms with van der Waals surface area (Å²) in [5.41, 5.74) is 1.14. The molecule has 0 saturated carbocycles. The molecular weight excluding hydrogens is 414 g/mol. The highest BCUT2D eigenvalue weighted by Crippen LogP contribution is 2.43. The van der Waals surface area contributed by atoms with Crippen LogP contribution in [0.4, 0.5) is 5.69 Å². The van der Waals surface area contributed by atoms with E-state index < -0.39 is 23.1 Å². The molecule has 1 aliphatic rings. The molecular formula is C28H25NO4. The molecule has 5 heteroatoms. The van der Waals surface area contributed by atoms with Crippen molar-refractivity contribution in [3.05, 3.63) is 108 Å². The number of allylic oxidation sites excluding steroid dienone is 1. The zero-order valence-electron chi connectivity index (χ0n) is 18.4. The average molecular weight is 440 g/mol. The third kappa shape index (κ3) is 4.22. The van der Waals surface area contributed by atoms with Gasteiger partial charge < -0.3 is 9.64 Å². The summed E-state index contributed by atoms with van der Waals surface area (Å²) in [6.45, 7) is 2.04. The Balaban J connectivity index is 1.80. The van der Waals surface area contributed by atoms with Gasteiger partial charge in [0.25, 0.3) is 5.91 Å². The van der Waals surface area contributed by atoms with Crippen molar-refractivity contribution in [3.63, 3.8) is 0 Å². The maximum atomic E-state index is 13.6. The molecule has 1 amide bonds. The molecule has 1 atom stereocenters. The van der Waals surface area contributed by atoms with Crippen LogP contribution in [0.15, 0.2) is 91.0 Å². The van der Waals surface area contributed by atoms with Crippen molar-refractivity contribution in [2.24, 2.45) is 0 Å². The number of benzene rings is 3. The van der Waals surface area contributed by atoms with Crippen LogP contribution in [0, 0.1) is 0 Å². The molecule has 0 aromatic heterocycles. The van der Waals surface area contributed by atoms with Crippen molar-refractivity contribution in [2.75, 3.05) is 11.5 Å². The molecule has 0 spiro atoms. The molecule has 3 aromatic rings. The molecule has 1 aliphatic heterocycles. The van der Waals surface area contributed by atoms with Crippen LogP contribution in [0.2, 0.25) is 0 Å². The van der Waals surface area contributed by atoms with E-state index >= 15 is 0 Å². The Hall–Kier alpha value is -3.99. The second kappa shape index (κ2) is 9.65.